The first-order valence-electron chi connectivity index (χ1n) is 6.33. The fourth-order valence-electron chi connectivity index (χ4n) is 2.40. The van der Waals surface area contributed by atoms with Gasteiger partial charge in [0.25, 0.3) is 0 Å². The number of aromatic nitrogens is 1. The third-order valence-corrected chi connectivity index (χ3v) is 3.63. The summed E-state index contributed by atoms with van der Waals surface area (Å²) < 4.78 is 0. The zero-order valence-corrected chi connectivity index (χ0v) is 10.8. The van der Waals surface area contributed by atoms with E-state index in [1.54, 1.807) is 6.07 Å². The van der Waals surface area contributed by atoms with Crippen LogP contribution in [-0.2, 0) is 0 Å². The highest BCUT2D eigenvalue weighted by molar-refractivity contribution is 5.58. The quantitative estimate of drug-likeness (QED) is 0.628. The average Bonchev–Trinajstić information content (AvgIpc) is 2.38. The number of nitrogens with two attached hydrogens (primary N) is 1. The molecule has 1 atom stereocenters. The van der Waals surface area contributed by atoms with Crippen molar-refractivity contribution in [2.24, 2.45) is 5.92 Å². The van der Waals surface area contributed by atoms with Crippen molar-refractivity contribution < 1.29 is 10.0 Å². The topological polar surface area (TPSA) is 106 Å². The highest BCUT2D eigenvalue weighted by Gasteiger charge is 2.24. The molecule has 0 saturated carbocycles. The van der Waals surface area contributed by atoms with E-state index in [-0.39, 0.29) is 17.6 Å². The lowest BCUT2D eigenvalue weighted by Crippen LogP contribution is -2.37. The van der Waals surface area contributed by atoms with Crippen molar-refractivity contribution >= 4 is 17.3 Å². The number of aliphatic hydroxyl groups excluding tert-OH is 1. The molecule has 3 N–H and O–H groups in total. The minimum absolute atomic E-state index is 0.0554. The summed E-state index contributed by atoms with van der Waals surface area (Å²) in [5.74, 6) is 0.916. The third kappa shape index (κ3) is 2.93. The maximum absolute atomic E-state index is 10.7. The lowest BCUT2D eigenvalue weighted by atomic mass is 9.92. The molecule has 0 radical (unpaired) electrons. The third-order valence-electron chi connectivity index (χ3n) is 3.63. The van der Waals surface area contributed by atoms with Crippen molar-refractivity contribution in [3.8, 4) is 0 Å². The number of pyridine rings is 1. The van der Waals surface area contributed by atoms with Crippen LogP contribution in [0, 0.1) is 16.0 Å². The molecule has 0 aliphatic carbocycles. The van der Waals surface area contributed by atoms with Gasteiger partial charge in [0, 0.05) is 19.2 Å². The molecule has 1 fully saturated rings. The van der Waals surface area contributed by atoms with E-state index in [2.05, 4.69) is 4.98 Å². The van der Waals surface area contributed by atoms with Gasteiger partial charge in [0.05, 0.1) is 11.0 Å². The molecular weight excluding hydrogens is 248 g/mol. The van der Waals surface area contributed by atoms with E-state index >= 15 is 0 Å². The van der Waals surface area contributed by atoms with Gasteiger partial charge in [-0.25, -0.2) is 4.98 Å². The van der Waals surface area contributed by atoms with E-state index in [4.69, 9.17) is 5.73 Å². The van der Waals surface area contributed by atoms with Crippen LogP contribution in [0.25, 0.3) is 0 Å². The number of anilines is 2. The van der Waals surface area contributed by atoms with Gasteiger partial charge in [-0.1, -0.05) is 0 Å². The molecule has 0 spiro atoms. The normalized spacial score (nSPS) is 18.3. The molecule has 7 nitrogen and oxygen atoms in total. The minimum atomic E-state index is -0.536. The zero-order valence-electron chi connectivity index (χ0n) is 10.8. The van der Waals surface area contributed by atoms with E-state index < -0.39 is 4.92 Å². The molecular formula is C12H18N4O3. The maximum atomic E-state index is 10.7. The minimum Gasteiger partial charge on any atom is -0.393 e. The summed E-state index contributed by atoms with van der Waals surface area (Å²) in [5, 5.41) is 20.2. The SMILES string of the molecule is CC(O)C1CCN(c2ccc([N+](=O)[O-])c(N)n2)CC1. The van der Waals surface area contributed by atoms with Gasteiger partial charge in [-0.05, 0) is 31.7 Å². The Hall–Kier alpha value is -1.89. The van der Waals surface area contributed by atoms with E-state index in [1.165, 1.54) is 6.07 Å². The van der Waals surface area contributed by atoms with Crippen LogP contribution >= 0.6 is 0 Å². The fourth-order valence-corrected chi connectivity index (χ4v) is 2.40. The highest BCUT2D eigenvalue weighted by Crippen LogP contribution is 2.27. The van der Waals surface area contributed by atoms with Crippen LogP contribution in [0.2, 0.25) is 0 Å². The number of rotatable bonds is 3. The summed E-state index contributed by atoms with van der Waals surface area (Å²) in [4.78, 5) is 16.3. The summed E-state index contributed by atoms with van der Waals surface area (Å²) in [6.45, 7) is 3.36. The number of hydrogen-bond acceptors (Lipinski definition) is 6. The van der Waals surface area contributed by atoms with Crippen molar-refractivity contribution in [1.29, 1.82) is 0 Å². The van der Waals surface area contributed by atoms with Gasteiger partial charge in [-0.3, -0.25) is 10.1 Å². The van der Waals surface area contributed by atoms with Gasteiger partial charge >= 0.3 is 5.69 Å². The highest BCUT2D eigenvalue weighted by atomic mass is 16.6. The van der Waals surface area contributed by atoms with Gasteiger partial charge in [-0.2, -0.15) is 0 Å². The molecule has 0 amide bonds. The van der Waals surface area contributed by atoms with Gasteiger partial charge in [0.2, 0.25) is 5.82 Å². The van der Waals surface area contributed by atoms with Crippen molar-refractivity contribution in [2.45, 2.75) is 25.9 Å². The van der Waals surface area contributed by atoms with Gasteiger partial charge in [-0.15, -0.1) is 0 Å². The first-order chi connectivity index (χ1) is 8.99. The lowest BCUT2D eigenvalue weighted by molar-refractivity contribution is -0.384. The Morgan fingerprint density at radius 2 is 2.16 bits per heavy atom. The number of nitrogens with zero attached hydrogens (tertiary/aromatic N) is 3. The Labute approximate surface area is 111 Å². The van der Waals surface area contributed by atoms with Crippen molar-refractivity contribution in [3.05, 3.63) is 22.2 Å². The Balaban J connectivity index is 2.08. The van der Waals surface area contributed by atoms with Crippen LogP contribution in [0.15, 0.2) is 12.1 Å². The van der Waals surface area contributed by atoms with Crippen LogP contribution < -0.4 is 10.6 Å². The Morgan fingerprint density at radius 3 is 2.63 bits per heavy atom. The monoisotopic (exact) mass is 266 g/mol. The fraction of sp³-hybridized carbons (Fsp3) is 0.583. The van der Waals surface area contributed by atoms with Crippen molar-refractivity contribution in [1.82, 2.24) is 4.98 Å². The van der Waals surface area contributed by atoms with Gasteiger partial charge < -0.3 is 15.7 Å². The van der Waals surface area contributed by atoms with Crippen LogP contribution in [-0.4, -0.2) is 34.2 Å². The second kappa shape index (κ2) is 5.40. The second-order valence-electron chi connectivity index (χ2n) is 4.90. The van der Waals surface area contributed by atoms with Gasteiger partial charge in [0.15, 0.2) is 0 Å². The zero-order chi connectivity index (χ0) is 14.0. The van der Waals surface area contributed by atoms with E-state index in [9.17, 15) is 15.2 Å². The molecule has 7 heteroatoms. The Kier molecular flexibility index (Phi) is 3.84. The smallest absolute Gasteiger partial charge is 0.311 e. The number of piperidine rings is 1. The van der Waals surface area contributed by atoms with Crippen LogP contribution in [0.5, 0.6) is 0 Å². The summed E-state index contributed by atoms with van der Waals surface area (Å²) in [7, 11) is 0. The summed E-state index contributed by atoms with van der Waals surface area (Å²) >= 11 is 0. The molecule has 1 aliphatic heterocycles. The molecule has 1 unspecified atom stereocenters. The van der Waals surface area contributed by atoms with E-state index in [0.717, 1.165) is 25.9 Å². The summed E-state index contributed by atoms with van der Waals surface area (Å²) in [5.41, 5.74) is 5.42. The summed E-state index contributed by atoms with van der Waals surface area (Å²) in [6.07, 6.45) is 1.48. The van der Waals surface area contributed by atoms with Crippen molar-refractivity contribution in [2.75, 3.05) is 23.7 Å². The van der Waals surface area contributed by atoms with Crippen LogP contribution in [0.4, 0.5) is 17.3 Å². The predicted molar refractivity (Wildman–Crippen MR) is 71.9 cm³/mol. The molecule has 104 valence electrons. The average molecular weight is 266 g/mol. The second-order valence-corrected chi connectivity index (χ2v) is 4.90. The Bertz CT molecular complexity index is 470. The molecule has 1 aromatic heterocycles. The van der Waals surface area contributed by atoms with Crippen LogP contribution in [0.3, 0.4) is 0 Å². The summed E-state index contributed by atoms with van der Waals surface area (Å²) in [6, 6.07) is 3.01. The predicted octanol–water partition coefficient (Wildman–Crippen LogP) is 1.17. The molecule has 2 rings (SSSR count). The number of nitrogen functional groups attached to an aromatic ring is 1. The molecule has 19 heavy (non-hydrogen) atoms. The molecule has 1 aliphatic rings. The van der Waals surface area contributed by atoms with Crippen LogP contribution in [0.1, 0.15) is 19.8 Å². The standard InChI is InChI=1S/C12H18N4O3/c1-8(17)9-4-6-15(7-5-9)11-3-2-10(16(18)19)12(13)14-11/h2-3,8-9,17H,4-7H2,1H3,(H2,13,14). The first kappa shape index (κ1) is 13.5. The number of hydrogen-bond donors (Lipinski definition) is 2. The molecule has 1 saturated heterocycles. The largest absolute Gasteiger partial charge is 0.393 e. The molecule has 0 bridgehead atoms. The molecule has 0 aromatic carbocycles. The Morgan fingerprint density at radius 1 is 1.53 bits per heavy atom. The van der Waals surface area contributed by atoms with Crippen molar-refractivity contribution in [3.63, 3.8) is 0 Å². The lowest BCUT2D eigenvalue weighted by Gasteiger charge is -2.34. The van der Waals surface area contributed by atoms with E-state index in [1.807, 2.05) is 11.8 Å². The van der Waals surface area contributed by atoms with Gasteiger partial charge in [0.1, 0.15) is 5.82 Å². The first-order valence-corrected chi connectivity index (χ1v) is 6.33. The number of aliphatic hydroxyl groups is 1. The van der Waals surface area contributed by atoms with E-state index in [0.29, 0.717) is 11.7 Å². The molecule has 2 heterocycles. The number of nitro groups is 1. The maximum Gasteiger partial charge on any atom is 0.311 e. The molecule has 1 aromatic rings.